The van der Waals surface area contributed by atoms with E-state index in [0.29, 0.717) is 24.5 Å². The van der Waals surface area contributed by atoms with Crippen LogP contribution in [0.4, 0.5) is 0 Å². The van der Waals surface area contributed by atoms with Gasteiger partial charge in [-0.15, -0.1) is 0 Å². The standard InChI is InChI=1S/C17H26N2O5S/c1-12(17(20)18(2)3)25(21,22)19-10-6-7-15(19)14-9-8-13(23-4)11-16(14)24-5/h8-9,11-12,15H,6-7,10H2,1-5H3. The molecule has 1 aromatic carbocycles. The number of methoxy groups -OCH3 is 2. The minimum Gasteiger partial charge on any atom is -0.497 e. The molecule has 1 aliphatic rings. The molecule has 0 radical (unpaired) electrons. The normalized spacial score (nSPS) is 19.5. The molecule has 2 rings (SSSR count). The topological polar surface area (TPSA) is 76.2 Å². The van der Waals surface area contributed by atoms with E-state index < -0.39 is 21.2 Å². The van der Waals surface area contributed by atoms with Gasteiger partial charge in [0.2, 0.25) is 15.9 Å². The van der Waals surface area contributed by atoms with Crippen LogP contribution in [0.25, 0.3) is 0 Å². The first-order valence-corrected chi connectivity index (χ1v) is 9.68. The van der Waals surface area contributed by atoms with Gasteiger partial charge in [-0.25, -0.2) is 8.42 Å². The zero-order chi connectivity index (χ0) is 18.8. The number of nitrogens with zero attached hydrogens (tertiary/aromatic N) is 2. The third-order valence-electron chi connectivity index (χ3n) is 4.57. The minimum atomic E-state index is -3.77. The third kappa shape index (κ3) is 3.74. The molecule has 1 aliphatic heterocycles. The summed E-state index contributed by atoms with van der Waals surface area (Å²) in [5, 5.41) is -1.12. The summed E-state index contributed by atoms with van der Waals surface area (Å²) in [5.41, 5.74) is 0.786. The summed E-state index contributed by atoms with van der Waals surface area (Å²) < 4.78 is 38.1. The second kappa shape index (κ2) is 7.61. The number of rotatable bonds is 6. The Morgan fingerprint density at radius 2 is 1.96 bits per heavy atom. The number of ether oxygens (including phenoxy) is 2. The van der Waals surface area contributed by atoms with Gasteiger partial charge in [-0.05, 0) is 25.8 Å². The van der Waals surface area contributed by atoms with Gasteiger partial charge < -0.3 is 14.4 Å². The fourth-order valence-electron chi connectivity index (χ4n) is 3.14. The maximum atomic E-state index is 13.0. The molecule has 7 nitrogen and oxygen atoms in total. The second-order valence-electron chi connectivity index (χ2n) is 6.30. The summed E-state index contributed by atoms with van der Waals surface area (Å²) in [6.07, 6.45) is 1.42. The van der Waals surface area contributed by atoms with Crippen molar-refractivity contribution in [3.63, 3.8) is 0 Å². The van der Waals surface area contributed by atoms with Gasteiger partial charge in [0, 0.05) is 32.3 Å². The number of hydrogen-bond donors (Lipinski definition) is 0. The van der Waals surface area contributed by atoms with Crippen molar-refractivity contribution in [2.24, 2.45) is 0 Å². The lowest BCUT2D eigenvalue weighted by Gasteiger charge is -2.29. The molecule has 0 aliphatic carbocycles. The Bertz CT molecular complexity index is 733. The molecule has 2 unspecified atom stereocenters. The molecule has 0 spiro atoms. The molecular weight excluding hydrogens is 344 g/mol. The van der Waals surface area contributed by atoms with Gasteiger partial charge in [0.25, 0.3) is 0 Å². The van der Waals surface area contributed by atoms with Crippen LogP contribution in [0, 0.1) is 0 Å². The maximum absolute atomic E-state index is 13.0. The number of benzene rings is 1. The molecule has 0 N–H and O–H groups in total. The first kappa shape index (κ1) is 19.5. The van der Waals surface area contributed by atoms with Crippen LogP contribution in [0.1, 0.15) is 31.4 Å². The van der Waals surface area contributed by atoms with Crippen molar-refractivity contribution in [1.29, 1.82) is 0 Å². The van der Waals surface area contributed by atoms with Gasteiger partial charge in [0.05, 0.1) is 20.3 Å². The highest BCUT2D eigenvalue weighted by atomic mass is 32.2. The molecular formula is C17H26N2O5S. The van der Waals surface area contributed by atoms with Crippen molar-refractivity contribution in [3.05, 3.63) is 23.8 Å². The number of sulfonamides is 1. The molecule has 0 saturated carbocycles. The van der Waals surface area contributed by atoms with Crippen molar-refractivity contribution < 1.29 is 22.7 Å². The van der Waals surface area contributed by atoms with Crippen LogP contribution in [0.15, 0.2) is 18.2 Å². The van der Waals surface area contributed by atoms with E-state index in [-0.39, 0.29) is 6.04 Å². The highest BCUT2D eigenvalue weighted by Gasteiger charge is 2.42. The molecule has 0 aromatic heterocycles. The van der Waals surface area contributed by atoms with E-state index in [1.54, 1.807) is 40.4 Å². The fraction of sp³-hybridized carbons (Fsp3) is 0.588. The fourth-order valence-corrected chi connectivity index (χ4v) is 4.97. The second-order valence-corrected chi connectivity index (χ2v) is 8.50. The van der Waals surface area contributed by atoms with Crippen LogP contribution in [0.3, 0.4) is 0 Å². The smallest absolute Gasteiger partial charge is 0.241 e. The molecule has 25 heavy (non-hydrogen) atoms. The Morgan fingerprint density at radius 1 is 1.28 bits per heavy atom. The first-order valence-electron chi connectivity index (χ1n) is 8.17. The highest BCUT2D eigenvalue weighted by Crippen LogP contribution is 2.40. The average Bonchev–Trinajstić information content (AvgIpc) is 3.09. The number of hydrogen-bond acceptors (Lipinski definition) is 5. The lowest BCUT2D eigenvalue weighted by molar-refractivity contribution is -0.128. The van der Waals surface area contributed by atoms with Crippen molar-refractivity contribution in [2.45, 2.75) is 31.1 Å². The van der Waals surface area contributed by atoms with Gasteiger partial charge in [-0.2, -0.15) is 4.31 Å². The van der Waals surface area contributed by atoms with Crippen molar-refractivity contribution in [1.82, 2.24) is 9.21 Å². The Kier molecular flexibility index (Phi) is 5.95. The SMILES string of the molecule is COc1ccc(C2CCCN2S(=O)(=O)C(C)C(=O)N(C)C)c(OC)c1. The van der Waals surface area contributed by atoms with Crippen molar-refractivity contribution >= 4 is 15.9 Å². The summed E-state index contributed by atoms with van der Waals surface area (Å²) in [6, 6.07) is 5.01. The van der Waals surface area contributed by atoms with E-state index in [2.05, 4.69) is 0 Å². The maximum Gasteiger partial charge on any atom is 0.241 e. The molecule has 1 aromatic rings. The number of carbonyl (C=O) groups is 1. The van der Waals surface area contributed by atoms with Crippen LogP contribution in [-0.2, 0) is 14.8 Å². The van der Waals surface area contributed by atoms with Crippen molar-refractivity contribution in [2.75, 3.05) is 34.9 Å². The van der Waals surface area contributed by atoms with E-state index in [0.717, 1.165) is 12.0 Å². The molecule has 140 valence electrons. The van der Waals surface area contributed by atoms with Gasteiger partial charge in [0.1, 0.15) is 11.5 Å². The summed E-state index contributed by atoms with van der Waals surface area (Å²) in [6.45, 7) is 1.84. The van der Waals surface area contributed by atoms with E-state index in [4.69, 9.17) is 9.47 Å². The summed E-state index contributed by atoms with van der Waals surface area (Å²) >= 11 is 0. The van der Waals surface area contributed by atoms with Crippen LogP contribution < -0.4 is 9.47 Å². The predicted octanol–water partition coefficient (Wildman–Crippen LogP) is 1.65. The quantitative estimate of drug-likeness (QED) is 0.761. The van der Waals surface area contributed by atoms with Gasteiger partial charge in [-0.1, -0.05) is 6.07 Å². The molecule has 8 heteroatoms. The zero-order valence-corrected chi connectivity index (χ0v) is 16.2. The Labute approximate surface area is 149 Å². The Hall–Kier alpha value is -1.80. The summed E-state index contributed by atoms with van der Waals surface area (Å²) in [7, 11) is 2.46. The minimum absolute atomic E-state index is 0.344. The van der Waals surface area contributed by atoms with Crippen LogP contribution in [-0.4, -0.2) is 63.6 Å². The molecule has 0 bridgehead atoms. The van der Waals surface area contributed by atoms with Crippen LogP contribution in [0.2, 0.25) is 0 Å². The molecule has 1 heterocycles. The Balaban J connectivity index is 2.39. The molecule has 2 atom stereocenters. The lowest BCUT2D eigenvalue weighted by atomic mass is 10.0. The largest absolute Gasteiger partial charge is 0.497 e. The summed E-state index contributed by atoms with van der Waals surface area (Å²) in [5.74, 6) is 0.801. The van der Waals surface area contributed by atoms with Gasteiger partial charge in [0.15, 0.2) is 5.25 Å². The monoisotopic (exact) mass is 370 g/mol. The van der Waals surface area contributed by atoms with E-state index in [1.807, 2.05) is 6.07 Å². The van der Waals surface area contributed by atoms with E-state index in [1.165, 1.54) is 16.1 Å². The lowest BCUT2D eigenvalue weighted by Crippen LogP contribution is -2.44. The number of amides is 1. The highest BCUT2D eigenvalue weighted by molar-refractivity contribution is 7.90. The van der Waals surface area contributed by atoms with Crippen LogP contribution in [0.5, 0.6) is 11.5 Å². The zero-order valence-electron chi connectivity index (χ0n) is 15.4. The van der Waals surface area contributed by atoms with E-state index in [9.17, 15) is 13.2 Å². The first-order chi connectivity index (χ1) is 11.7. The average molecular weight is 370 g/mol. The number of carbonyl (C=O) groups excluding carboxylic acids is 1. The summed E-state index contributed by atoms with van der Waals surface area (Å²) in [4.78, 5) is 13.5. The van der Waals surface area contributed by atoms with Crippen molar-refractivity contribution in [3.8, 4) is 11.5 Å². The third-order valence-corrected chi connectivity index (χ3v) is 6.75. The molecule has 1 saturated heterocycles. The molecule has 1 fully saturated rings. The van der Waals surface area contributed by atoms with Crippen LogP contribution >= 0.6 is 0 Å². The molecule has 1 amide bonds. The van der Waals surface area contributed by atoms with Gasteiger partial charge >= 0.3 is 0 Å². The predicted molar refractivity (Wildman–Crippen MR) is 95.3 cm³/mol. The van der Waals surface area contributed by atoms with Gasteiger partial charge in [-0.3, -0.25) is 4.79 Å². The van der Waals surface area contributed by atoms with E-state index >= 15 is 0 Å². The Morgan fingerprint density at radius 3 is 2.52 bits per heavy atom.